The summed E-state index contributed by atoms with van der Waals surface area (Å²) >= 11 is 0. The van der Waals surface area contributed by atoms with Crippen molar-refractivity contribution in [1.29, 1.82) is 0 Å². The van der Waals surface area contributed by atoms with Crippen LogP contribution in [0.2, 0.25) is 0 Å². The second-order valence-corrected chi connectivity index (χ2v) is 6.59. The first kappa shape index (κ1) is 14.1. The van der Waals surface area contributed by atoms with Crippen LogP contribution in [0.1, 0.15) is 26.1 Å². The molecule has 6 heteroatoms. The summed E-state index contributed by atoms with van der Waals surface area (Å²) < 4.78 is 30.7. The largest absolute Gasteiger partial charge is 0.384 e. The molecule has 1 aromatic carbocycles. The molecule has 0 unspecified atom stereocenters. The number of aromatic nitrogens is 3. The molecule has 0 fully saturated rings. The Morgan fingerprint density at radius 2 is 1.96 bits per heavy atom. The van der Waals surface area contributed by atoms with E-state index in [-0.39, 0.29) is 16.9 Å². The predicted octanol–water partition coefficient (Wildman–Crippen LogP) is 3.64. The van der Waals surface area contributed by atoms with Crippen LogP contribution in [0.4, 0.5) is 14.6 Å². The summed E-state index contributed by atoms with van der Waals surface area (Å²) in [7, 11) is 0. The molecule has 3 heterocycles. The predicted molar refractivity (Wildman–Crippen MR) is 84.9 cm³/mol. The zero-order valence-corrected chi connectivity index (χ0v) is 12.9. The van der Waals surface area contributed by atoms with Crippen molar-refractivity contribution in [3.05, 3.63) is 41.9 Å². The van der Waals surface area contributed by atoms with Crippen molar-refractivity contribution in [3.63, 3.8) is 0 Å². The number of hydrogen-bond donors (Lipinski definition) is 1. The molecule has 2 aromatic heterocycles. The van der Waals surface area contributed by atoms with Gasteiger partial charge in [-0.25, -0.2) is 18.7 Å². The van der Waals surface area contributed by atoms with Crippen molar-refractivity contribution in [2.45, 2.75) is 32.2 Å². The fraction of sp³-hybridized carbons (Fsp3) is 0.294. The number of anilines is 1. The molecule has 0 aliphatic carbocycles. The van der Waals surface area contributed by atoms with E-state index in [0.29, 0.717) is 16.6 Å². The lowest BCUT2D eigenvalue weighted by Gasteiger charge is -2.22. The molecule has 4 rings (SSSR count). The molecule has 3 aromatic rings. The molecule has 1 aliphatic heterocycles. The maximum absolute atomic E-state index is 14.5. The summed E-state index contributed by atoms with van der Waals surface area (Å²) in [6.45, 7) is 4.19. The van der Waals surface area contributed by atoms with Crippen LogP contribution in [0.25, 0.3) is 22.2 Å². The highest BCUT2D eigenvalue weighted by atomic mass is 19.1. The van der Waals surface area contributed by atoms with Gasteiger partial charge in [0.25, 0.3) is 0 Å². The average molecular weight is 314 g/mol. The Morgan fingerprint density at radius 3 is 2.74 bits per heavy atom. The molecule has 118 valence electrons. The minimum atomic E-state index is -0.529. The molecule has 0 spiro atoms. The quantitative estimate of drug-likeness (QED) is 0.746. The monoisotopic (exact) mass is 314 g/mol. The van der Waals surface area contributed by atoms with Crippen molar-refractivity contribution < 1.29 is 8.78 Å². The number of nitrogen functional groups attached to an aromatic ring is 1. The van der Waals surface area contributed by atoms with Crippen LogP contribution in [0.5, 0.6) is 0 Å². The number of halogens is 2. The van der Waals surface area contributed by atoms with Gasteiger partial charge >= 0.3 is 0 Å². The van der Waals surface area contributed by atoms with E-state index in [1.165, 1.54) is 12.1 Å². The number of rotatable bonds is 1. The topological polar surface area (TPSA) is 56.7 Å². The third-order valence-electron chi connectivity index (χ3n) is 4.54. The Kier molecular flexibility index (Phi) is 2.76. The van der Waals surface area contributed by atoms with Crippen LogP contribution in [-0.4, -0.2) is 14.5 Å². The van der Waals surface area contributed by atoms with Gasteiger partial charge in [-0.15, -0.1) is 0 Å². The highest BCUT2D eigenvalue weighted by Gasteiger charge is 2.33. The lowest BCUT2D eigenvalue weighted by Crippen LogP contribution is -2.21. The van der Waals surface area contributed by atoms with E-state index in [1.54, 1.807) is 6.07 Å². The second-order valence-electron chi connectivity index (χ2n) is 6.59. The maximum Gasteiger partial charge on any atom is 0.151 e. The number of nitrogens with zero attached hydrogens (tertiary/aromatic N) is 3. The Hall–Kier alpha value is -2.50. The molecule has 1 aliphatic rings. The van der Waals surface area contributed by atoms with Gasteiger partial charge in [-0.3, -0.25) is 0 Å². The molecule has 0 radical (unpaired) electrons. The molecular formula is C17H16F2N4. The first-order chi connectivity index (χ1) is 10.9. The van der Waals surface area contributed by atoms with Gasteiger partial charge in [-0.1, -0.05) is 0 Å². The fourth-order valence-corrected chi connectivity index (χ4v) is 3.39. The first-order valence-corrected chi connectivity index (χ1v) is 7.49. The summed E-state index contributed by atoms with van der Waals surface area (Å²) in [4.78, 5) is 8.13. The highest BCUT2D eigenvalue weighted by molar-refractivity contribution is 5.84. The van der Waals surface area contributed by atoms with E-state index >= 15 is 0 Å². The lowest BCUT2D eigenvalue weighted by molar-refractivity contribution is 0.386. The summed E-state index contributed by atoms with van der Waals surface area (Å²) in [5.41, 5.74) is 7.20. The number of hydrogen-bond acceptors (Lipinski definition) is 3. The van der Waals surface area contributed by atoms with Crippen LogP contribution in [0.3, 0.4) is 0 Å². The van der Waals surface area contributed by atoms with E-state index in [4.69, 9.17) is 5.73 Å². The number of aryl methyl sites for hydroxylation is 1. The van der Waals surface area contributed by atoms with Crippen LogP contribution in [0.15, 0.2) is 24.4 Å². The molecule has 0 saturated carbocycles. The van der Waals surface area contributed by atoms with Crippen molar-refractivity contribution in [3.8, 4) is 11.1 Å². The van der Waals surface area contributed by atoms with E-state index < -0.39 is 11.6 Å². The first-order valence-electron chi connectivity index (χ1n) is 7.49. The van der Waals surface area contributed by atoms with Gasteiger partial charge in [0.05, 0.1) is 11.7 Å². The summed E-state index contributed by atoms with van der Waals surface area (Å²) in [6, 6.07) is 4.50. The van der Waals surface area contributed by atoms with E-state index in [1.807, 2.05) is 0 Å². The minimum Gasteiger partial charge on any atom is -0.384 e. The lowest BCUT2D eigenvalue weighted by atomic mass is 10.0. The third kappa shape index (κ3) is 2.01. The minimum absolute atomic E-state index is 0.134. The van der Waals surface area contributed by atoms with Crippen molar-refractivity contribution in [1.82, 2.24) is 14.5 Å². The number of nitrogens with two attached hydrogens (primary N) is 1. The maximum atomic E-state index is 14.5. The SMILES string of the molecule is CC1(C)CCc2nc3c(F)cc(-c4cc(N)ncc4F)cc3n21. The molecule has 2 N–H and O–H groups in total. The number of fused-ring (bicyclic) bond motifs is 3. The number of pyridine rings is 1. The number of imidazole rings is 1. The summed E-state index contributed by atoms with van der Waals surface area (Å²) in [5, 5.41) is 0. The van der Waals surface area contributed by atoms with Gasteiger partial charge < -0.3 is 10.3 Å². The van der Waals surface area contributed by atoms with Crippen LogP contribution in [-0.2, 0) is 12.0 Å². The van der Waals surface area contributed by atoms with Crippen molar-refractivity contribution in [2.24, 2.45) is 0 Å². The van der Waals surface area contributed by atoms with E-state index in [2.05, 4.69) is 28.4 Å². The molecule has 0 bridgehead atoms. The van der Waals surface area contributed by atoms with Crippen LogP contribution < -0.4 is 5.73 Å². The normalized spacial score (nSPS) is 16.0. The summed E-state index contributed by atoms with van der Waals surface area (Å²) in [6.07, 6.45) is 2.82. The van der Waals surface area contributed by atoms with Crippen LogP contribution >= 0.6 is 0 Å². The van der Waals surface area contributed by atoms with E-state index in [9.17, 15) is 8.78 Å². The Labute approximate surface area is 132 Å². The zero-order chi connectivity index (χ0) is 16.4. The second kappa shape index (κ2) is 4.50. The van der Waals surface area contributed by atoms with Gasteiger partial charge in [0.2, 0.25) is 0 Å². The third-order valence-corrected chi connectivity index (χ3v) is 4.54. The van der Waals surface area contributed by atoms with Gasteiger partial charge in [0.1, 0.15) is 23.0 Å². The highest BCUT2D eigenvalue weighted by Crippen LogP contribution is 2.38. The van der Waals surface area contributed by atoms with Gasteiger partial charge in [-0.05, 0) is 44.0 Å². The van der Waals surface area contributed by atoms with E-state index in [0.717, 1.165) is 24.9 Å². The standard InChI is InChI=1S/C17H16F2N4/c1-17(2)4-3-15-22-16-11(18)5-9(6-13(16)23(15)17)10-7-14(20)21-8-12(10)19/h5-8H,3-4H2,1-2H3,(H2,20,21). The smallest absolute Gasteiger partial charge is 0.151 e. The Morgan fingerprint density at radius 1 is 1.17 bits per heavy atom. The Bertz CT molecular complexity index is 943. The number of benzene rings is 1. The molecule has 0 amide bonds. The van der Waals surface area contributed by atoms with Crippen LogP contribution in [0, 0.1) is 11.6 Å². The van der Waals surface area contributed by atoms with Crippen molar-refractivity contribution >= 4 is 16.9 Å². The molecule has 0 saturated heterocycles. The summed E-state index contributed by atoms with van der Waals surface area (Å²) in [5.74, 6) is 0.0832. The fourth-order valence-electron chi connectivity index (χ4n) is 3.39. The van der Waals surface area contributed by atoms with Crippen molar-refractivity contribution in [2.75, 3.05) is 5.73 Å². The van der Waals surface area contributed by atoms with Gasteiger partial charge in [-0.2, -0.15) is 0 Å². The molecule has 0 atom stereocenters. The zero-order valence-electron chi connectivity index (χ0n) is 12.9. The molecule has 4 nitrogen and oxygen atoms in total. The molecule has 23 heavy (non-hydrogen) atoms. The molecular weight excluding hydrogens is 298 g/mol. The average Bonchev–Trinajstić information content (AvgIpc) is 3.00. The van der Waals surface area contributed by atoms with Gasteiger partial charge in [0.15, 0.2) is 5.82 Å². The Balaban J connectivity index is 2.02. The van der Waals surface area contributed by atoms with Gasteiger partial charge in [0, 0.05) is 17.5 Å².